The van der Waals surface area contributed by atoms with Crippen LogP contribution in [0.2, 0.25) is 0 Å². The Morgan fingerprint density at radius 2 is 2.08 bits per heavy atom. The van der Waals surface area contributed by atoms with Gasteiger partial charge >= 0.3 is 0 Å². The van der Waals surface area contributed by atoms with Gasteiger partial charge in [-0.15, -0.1) is 0 Å². The highest BCUT2D eigenvalue weighted by Gasteiger charge is 2.11. The van der Waals surface area contributed by atoms with Crippen molar-refractivity contribution < 1.29 is 4.74 Å². The molecule has 1 aromatic carbocycles. The van der Waals surface area contributed by atoms with Crippen molar-refractivity contribution in [1.82, 2.24) is 0 Å². The standard InChI is InChI=1S/C10H14BrNO/c1-6-4-5-8(7(2)12)9(11)10(6)13-3/h4-5,7H,12H2,1-3H3. The van der Waals surface area contributed by atoms with Crippen LogP contribution in [-0.2, 0) is 0 Å². The van der Waals surface area contributed by atoms with E-state index in [9.17, 15) is 0 Å². The summed E-state index contributed by atoms with van der Waals surface area (Å²) in [5, 5.41) is 0. The average molecular weight is 244 g/mol. The van der Waals surface area contributed by atoms with Crippen LogP contribution < -0.4 is 10.5 Å². The first-order chi connectivity index (χ1) is 6.07. The molecule has 0 aliphatic rings. The van der Waals surface area contributed by atoms with Crippen LogP contribution in [0.3, 0.4) is 0 Å². The number of ether oxygens (including phenoxy) is 1. The molecule has 3 heteroatoms. The quantitative estimate of drug-likeness (QED) is 0.868. The van der Waals surface area contributed by atoms with Gasteiger partial charge in [0.2, 0.25) is 0 Å². The van der Waals surface area contributed by atoms with Crippen molar-refractivity contribution in [2.45, 2.75) is 19.9 Å². The SMILES string of the molecule is COc1c(C)ccc(C(C)N)c1Br. The summed E-state index contributed by atoms with van der Waals surface area (Å²) < 4.78 is 6.23. The van der Waals surface area contributed by atoms with E-state index in [1.165, 1.54) is 0 Å². The van der Waals surface area contributed by atoms with Crippen LogP contribution in [0.25, 0.3) is 0 Å². The van der Waals surface area contributed by atoms with Crippen LogP contribution in [0.15, 0.2) is 16.6 Å². The van der Waals surface area contributed by atoms with Crippen molar-refractivity contribution in [3.05, 3.63) is 27.7 Å². The van der Waals surface area contributed by atoms with E-state index in [2.05, 4.69) is 15.9 Å². The molecule has 0 aromatic heterocycles. The van der Waals surface area contributed by atoms with Crippen molar-refractivity contribution in [3.63, 3.8) is 0 Å². The third-order valence-electron chi connectivity index (χ3n) is 2.02. The van der Waals surface area contributed by atoms with Gasteiger partial charge in [-0.2, -0.15) is 0 Å². The Labute approximate surface area is 87.2 Å². The van der Waals surface area contributed by atoms with E-state index in [-0.39, 0.29) is 6.04 Å². The molecule has 0 aliphatic carbocycles. The average Bonchev–Trinajstić information content (AvgIpc) is 2.04. The normalized spacial score (nSPS) is 12.7. The fourth-order valence-corrected chi connectivity index (χ4v) is 2.24. The molecule has 2 N–H and O–H groups in total. The van der Waals surface area contributed by atoms with E-state index in [0.29, 0.717) is 0 Å². The molecule has 1 unspecified atom stereocenters. The summed E-state index contributed by atoms with van der Waals surface area (Å²) in [4.78, 5) is 0. The van der Waals surface area contributed by atoms with Crippen molar-refractivity contribution in [3.8, 4) is 5.75 Å². The molecule has 0 aliphatic heterocycles. The molecular weight excluding hydrogens is 230 g/mol. The lowest BCUT2D eigenvalue weighted by atomic mass is 10.1. The van der Waals surface area contributed by atoms with Crippen LogP contribution >= 0.6 is 15.9 Å². The van der Waals surface area contributed by atoms with E-state index in [0.717, 1.165) is 21.3 Å². The topological polar surface area (TPSA) is 35.2 Å². The molecule has 0 saturated heterocycles. The molecule has 1 atom stereocenters. The van der Waals surface area contributed by atoms with Crippen LogP contribution in [-0.4, -0.2) is 7.11 Å². The van der Waals surface area contributed by atoms with E-state index in [4.69, 9.17) is 10.5 Å². The van der Waals surface area contributed by atoms with E-state index in [1.807, 2.05) is 26.0 Å². The monoisotopic (exact) mass is 243 g/mol. The highest BCUT2D eigenvalue weighted by molar-refractivity contribution is 9.10. The van der Waals surface area contributed by atoms with Gasteiger partial charge in [0.15, 0.2) is 0 Å². The van der Waals surface area contributed by atoms with Crippen LogP contribution in [0, 0.1) is 6.92 Å². The molecule has 1 rings (SSSR count). The fourth-order valence-electron chi connectivity index (χ4n) is 1.27. The second-order valence-corrected chi connectivity index (χ2v) is 3.90. The molecule has 0 amide bonds. The Morgan fingerprint density at radius 3 is 2.54 bits per heavy atom. The van der Waals surface area contributed by atoms with E-state index in [1.54, 1.807) is 7.11 Å². The van der Waals surface area contributed by atoms with Gasteiger partial charge in [0.25, 0.3) is 0 Å². The lowest BCUT2D eigenvalue weighted by Crippen LogP contribution is -2.06. The number of hydrogen-bond acceptors (Lipinski definition) is 2. The highest BCUT2D eigenvalue weighted by Crippen LogP contribution is 2.34. The van der Waals surface area contributed by atoms with E-state index < -0.39 is 0 Å². The summed E-state index contributed by atoms with van der Waals surface area (Å²) >= 11 is 3.49. The van der Waals surface area contributed by atoms with Gasteiger partial charge in [0.05, 0.1) is 11.6 Å². The van der Waals surface area contributed by atoms with Gasteiger partial charge in [-0.1, -0.05) is 12.1 Å². The molecule has 0 radical (unpaired) electrons. The zero-order valence-corrected chi connectivity index (χ0v) is 9.68. The minimum Gasteiger partial charge on any atom is -0.495 e. The number of halogens is 1. The number of methoxy groups -OCH3 is 1. The summed E-state index contributed by atoms with van der Waals surface area (Å²) in [6.45, 7) is 3.96. The maximum absolute atomic E-state index is 5.80. The summed E-state index contributed by atoms with van der Waals surface area (Å²) in [5.74, 6) is 0.870. The Bertz CT molecular complexity index is 310. The third-order valence-corrected chi connectivity index (χ3v) is 2.84. The lowest BCUT2D eigenvalue weighted by molar-refractivity contribution is 0.408. The van der Waals surface area contributed by atoms with Crippen LogP contribution in [0.4, 0.5) is 0 Å². The van der Waals surface area contributed by atoms with Crippen molar-refractivity contribution in [1.29, 1.82) is 0 Å². The minimum absolute atomic E-state index is 0.0175. The summed E-state index contributed by atoms with van der Waals surface area (Å²) in [5.41, 5.74) is 7.98. The Balaban J connectivity index is 3.27. The predicted molar refractivity (Wildman–Crippen MR) is 58.0 cm³/mol. The molecule has 2 nitrogen and oxygen atoms in total. The second kappa shape index (κ2) is 4.11. The van der Waals surface area contributed by atoms with Crippen LogP contribution in [0.1, 0.15) is 24.1 Å². The molecule has 0 heterocycles. The van der Waals surface area contributed by atoms with Crippen LogP contribution in [0.5, 0.6) is 5.75 Å². The van der Waals surface area contributed by atoms with Gasteiger partial charge in [-0.3, -0.25) is 0 Å². The zero-order valence-electron chi connectivity index (χ0n) is 8.10. The largest absolute Gasteiger partial charge is 0.495 e. The number of nitrogens with two attached hydrogens (primary N) is 1. The maximum atomic E-state index is 5.80. The first-order valence-corrected chi connectivity index (χ1v) is 4.95. The number of rotatable bonds is 2. The van der Waals surface area contributed by atoms with Gasteiger partial charge in [0.1, 0.15) is 5.75 Å². The van der Waals surface area contributed by atoms with E-state index >= 15 is 0 Å². The summed E-state index contributed by atoms with van der Waals surface area (Å²) in [6, 6.07) is 4.05. The molecule has 0 fully saturated rings. The Kier molecular flexibility index (Phi) is 3.33. The molecule has 0 spiro atoms. The molecule has 72 valence electrons. The first-order valence-electron chi connectivity index (χ1n) is 4.16. The molecule has 0 saturated carbocycles. The first kappa shape index (κ1) is 10.5. The summed E-state index contributed by atoms with van der Waals surface area (Å²) in [7, 11) is 1.66. The van der Waals surface area contributed by atoms with Gasteiger partial charge < -0.3 is 10.5 Å². The maximum Gasteiger partial charge on any atom is 0.136 e. The Hall–Kier alpha value is -0.540. The fraction of sp³-hybridized carbons (Fsp3) is 0.400. The van der Waals surface area contributed by atoms with Crippen molar-refractivity contribution in [2.75, 3.05) is 7.11 Å². The number of aryl methyl sites for hydroxylation is 1. The second-order valence-electron chi connectivity index (χ2n) is 3.11. The van der Waals surface area contributed by atoms with Gasteiger partial charge in [0, 0.05) is 6.04 Å². The highest BCUT2D eigenvalue weighted by atomic mass is 79.9. The molecular formula is C10H14BrNO. The molecule has 1 aromatic rings. The predicted octanol–water partition coefficient (Wildman–Crippen LogP) is 2.79. The number of benzene rings is 1. The molecule has 13 heavy (non-hydrogen) atoms. The smallest absolute Gasteiger partial charge is 0.136 e. The zero-order chi connectivity index (χ0) is 10.0. The van der Waals surface area contributed by atoms with Crippen molar-refractivity contribution >= 4 is 15.9 Å². The lowest BCUT2D eigenvalue weighted by Gasteiger charge is -2.13. The van der Waals surface area contributed by atoms with Crippen molar-refractivity contribution in [2.24, 2.45) is 5.73 Å². The number of hydrogen-bond donors (Lipinski definition) is 1. The van der Waals surface area contributed by atoms with Gasteiger partial charge in [-0.05, 0) is 40.9 Å². The minimum atomic E-state index is 0.0175. The Morgan fingerprint density at radius 1 is 1.46 bits per heavy atom. The van der Waals surface area contributed by atoms with Gasteiger partial charge in [-0.25, -0.2) is 0 Å². The molecule has 0 bridgehead atoms. The summed E-state index contributed by atoms with van der Waals surface area (Å²) in [6.07, 6.45) is 0. The third kappa shape index (κ3) is 2.03.